The molecular formula is C21H25FN2O3. The van der Waals surface area contributed by atoms with E-state index in [0.29, 0.717) is 5.56 Å². The second kappa shape index (κ2) is 8.50. The summed E-state index contributed by atoms with van der Waals surface area (Å²) in [7, 11) is 0. The van der Waals surface area contributed by atoms with Gasteiger partial charge < -0.3 is 20.1 Å². The van der Waals surface area contributed by atoms with E-state index in [9.17, 15) is 14.3 Å². The normalized spacial score (nSPS) is 16.6. The summed E-state index contributed by atoms with van der Waals surface area (Å²) in [6.45, 7) is 4.87. The van der Waals surface area contributed by atoms with Crippen LogP contribution in [0.5, 0.6) is 0 Å². The fraction of sp³-hybridized carbons (Fsp3) is 0.381. The van der Waals surface area contributed by atoms with Crippen LogP contribution in [0.15, 0.2) is 48.5 Å². The fourth-order valence-electron chi connectivity index (χ4n) is 3.08. The van der Waals surface area contributed by atoms with Crippen LogP contribution in [0.25, 0.3) is 0 Å². The summed E-state index contributed by atoms with van der Waals surface area (Å²) < 4.78 is 18.4. The van der Waals surface area contributed by atoms with Crippen LogP contribution in [-0.2, 0) is 21.6 Å². The van der Waals surface area contributed by atoms with Crippen molar-refractivity contribution in [1.29, 1.82) is 0 Å². The van der Waals surface area contributed by atoms with Gasteiger partial charge in [0.1, 0.15) is 11.4 Å². The Bertz CT molecular complexity index is 754. The van der Waals surface area contributed by atoms with Crippen molar-refractivity contribution < 1.29 is 19.0 Å². The average molecular weight is 372 g/mol. The van der Waals surface area contributed by atoms with Crippen molar-refractivity contribution in [2.45, 2.75) is 18.9 Å². The number of hydrogen-bond donors (Lipinski definition) is 2. The van der Waals surface area contributed by atoms with Crippen LogP contribution in [0.1, 0.15) is 18.1 Å². The highest BCUT2D eigenvalue weighted by Gasteiger charge is 2.23. The molecule has 0 bridgehead atoms. The van der Waals surface area contributed by atoms with E-state index in [1.165, 1.54) is 24.3 Å². The molecule has 144 valence electrons. The van der Waals surface area contributed by atoms with E-state index < -0.39 is 5.60 Å². The Morgan fingerprint density at radius 3 is 2.41 bits per heavy atom. The highest BCUT2D eigenvalue weighted by molar-refractivity contribution is 5.78. The molecule has 0 aromatic heterocycles. The summed E-state index contributed by atoms with van der Waals surface area (Å²) in [4.78, 5) is 14.5. The Labute approximate surface area is 158 Å². The molecule has 6 heteroatoms. The molecule has 2 aromatic carbocycles. The second-order valence-electron chi connectivity index (χ2n) is 7.00. The molecule has 3 rings (SSSR count). The van der Waals surface area contributed by atoms with Gasteiger partial charge in [-0.3, -0.25) is 4.79 Å². The maximum absolute atomic E-state index is 13.0. The molecular weight excluding hydrogens is 347 g/mol. The largest absolute Gasteiger partial charge is 0.384 e. The van der Waals surface area contributed by atoms with Gasteiger partial charge >= 0.3 is 0 Å². The van der Waals surface area contributed by atoms with E-state index in [2.05, 4.69) is 10.2 Å². The lowest BCUT2D eigenvalue weighted by atomic mass is 9.96. The Morgan fingerprint density at radius 1 is 1.15 bits per heavy atom. The molecule has 0 aliphatic carbocycles. The molecule has 1 aliphatic heterocycles. The topological polar surface area (TPSA) is 61.8 Å². The summed E-state index contributed by atoms with van der Waals surface area (Å²) in [5, 5.41) is 13.3. The fourth-order valence-corrected chi connectivity index (χ4v) is 3.08. The molecule has 1 atom stereocenters. The first-order valence-electron chi connectivity index (χ1n) is 9.11. The zero-order chi connectivity index (χ0) is 19.3. The van der Waals surface area contributed by atoms with Gasteiger partial charge in [-0.1, -0.05) is 24.3 Å². The number of nitrogens with one attached hydrogen (secondary N) is 1. The molecule has 1 unspecified atom stereocenters. The molecule has 1 aliphatic rings. The molecule has 1 saturated heterocycles. The van der Waals surface area contributed by atoms with Crippen molar-refractivity contribution in [1.82, 2.24) is 5.32 Å². The lowest BCUT2D eigenvalue weighted by molar-refractivity contribution is -0.121. The number of carbonyl (C=O) groups is 1. The zero-order valence-electron chi connectivity index (χ0n) is 15.5. The van der Waals surface area contributed by atoms with Crippen LogP contribution < -0.4 is 10.2 Å². The van der Waals surface area contributed by atoms with Gasteiger partial charge in [0.2, 0.25) is 5.91 Å². The van der Waals surface area contributed by atoms with Gasteiger partial charge in [0.05, 0.1) is 26.2 Å². The number of nitrogens with zero attached hydrogens (tertiary/aromatic N) is 1. The van der Waals surface area contributed by atoms with Crippen LogP contribution in [0, 0.1) is 5.82 Å². The molecule has 5 nitrogen and oxygen atoms in total. The lowest BCUT2D eigenvalue weighted by Crippen LogP contribution is -2.39. The van der Waals surface area contributed by atoms with E-state index in [4.69, 9.17) is 4.74 Å². The average Bonchev–Trinajstić information content (AvgIpc) is 2.68. The summed E-state index contributed by atoms with van der Waals surface area (Å²) in [5.41, 5.74) is 1.33. The van der Waals surface area contributed by atoms with Crippen molar-refractivity contribution in [2.75, 3.05) is 37.7 Å². The first-order chi connectivity index (χ1) is 12.9. The van der Waals surface area contributed by atoms with E-state index >= 15 is 0 Å². The second-order valence-corrected chi connectivity index (χ2v) is 7.00. The lowest BCUT2D eigenvalue weighted by Gasteiger charge is -2.29. The van der Waals surface area contributed by atoms with Gasteiger partial charge in [-0.25, -0.2) is 4.39 Å². The molecule has 1 heterocycles. The minimum absolute atomic E-state index is 0.0589. The van der Waals surface area contributed by atoms with E-state index in [0.717, 1.165) is 37.6 Å². The SMILES string of the molecule is CC(O)(CNC(=O)Cc1ccc(N2CCOCC2)cc1)c1ccc(F)cc1. The Morgan fingerprint density at radius 2 is 1.78 bits per heavy atom. The van der Waals surface area contributed by atoms with E-state index in [1.54, 1.807) is 6.92 Å². The maximum Gasteiger partial charge on any atom is 0.224 e. The summed E-state index contributed by atoms with van der Waals surface area (Å²) in [6, 6.07) is 13.6. The van der Waals surface area contributed by atoms with E-state index in [1.807, 2.05) is 24.3 Å². The van der Waals surface area contributed by atoms with Gasteiger partial charge in [-0.2, -0.15) is 0 Å². The van der Waals surface area contributed by atoms with Crippen molar-refractivity contribution >= 4 is 11.6 Å². The number of morpholine rings is 1. The van der Waals surface area contributed by atoms with Crippen molar-refractivity contribution in [3.05, 3.63) is 65.5 Å². The van der Waals surface area contributed by atoms with Crippen molar-refractivity contribution in [2.24, 2.45) is 0 Å². The summed E-state index contributed by atoms with van der Waals surface area (Å²) >= 11 is 0. The number of hydrogen-bond acceptors (Lipinski definition) is 4. The molecule has 1 fully saturated rings. The standard InChI is InChI=1S/C21H25FN2O3/c1-21(26,17-4-6-18(22)7-5-17)15-23-20(25)14-16-2-8-19(9-3-16)24-10-12-27-13-11-24/h2-9,26H,10-15H2,1H3,(H,23,25). The molecule has 0 saturated carbocycles. The first-order valence-corrected chi connectivity index (χ1v) is 9.11. The smallest absolute Gasteiger partial charge is 0.224 e. The van der Waals surface area contributed by atoms with Gasteiger partial charge in [0.25, 0.3) is 0 Å². The number of halogens is 1. The highest BCUT2D eigenvalue weighted by Crippen LogP contribution is 2.20. The van der Waals surface area contributed by atoms with Crippen LogP contribution >= 0.6 is 0 Å². The monoisotopic (exact) mass is 372 g/mol. The predicted molar refractivity (Wildman–Crippen MR) is 102 cm³/mol. The van der Waals surface area contributed by atoms with Gasteiger partial charge in [0, 0.05) is 18.8 Å². The van der Waals surface area contributed by atoms with Gasteiger partial charge in [-0.05, 0) is 42.3 Å². The summed E-state index contributed by atoms with van der Waals surface area (Å²) in [5.74, 6) is -0.532. The van der Waals surface area contributed by atoms with Crippen LogP contribution in [0.3, 0.4) is 0 Å². The predicted octanol–water partition coefficient (Wildman–Crippen LogP) is 2.23. The highest BCUT2D eigenvalue weighted by atomic mass is 19.1. The quantitative estimate of drug-likeness (QED) is 0.816. The molecule has 1 amide bonds. The van der Waals surface area contributed by atoms with Crippen LogP contribution in [0.4, 0.5) is 10.1 Å². The Kier molecular flexibility index (Phi) is 6.08. The van der Waals surface area contributed by atoms with E-state index in [-0.39, 0.29) is 24.7 Å². The molecule has 0 radical (unpaired) electrons. The van der Waals surface area contributed by atoms with Crippen LogP contribution in [0.2, 0.25) is 0 Å². The number of benzene rings is 2. The maximum atomic E-state index is 13.0. The number of ether oxygens (including phenoxy) is 1. The number of amides is 1. The van der Waals surface area contributed by atoms with Crippen molar-refractivity contribution in [3.8, 4) is 0 Å². The van der Waals surface area contributed by atoms with Gasteiger partial charge in [-0.15, -0.1) is 0 Å². The first kappa shape index (κ1) is 19.3. The van der Waals surface area contributed by atoms with Crippen molar-refractivity contribution in [3.63, 3.8) is 0 Å². The summed E-state index contributed by atoms with van der Waals surface area (Å²) in [6.07, 6.45) is 0.239. The number of carbonyl (C=O) groups excluding carboxylic acids is 1. The Balaban J connectivity index is 1.52. The minimum atomic E-state index is -1.26. The zero-order valence-corrected chi connectivity index (χ0v) is 15.5. The van der Waals surface area contributed by atoms with Gasteiger partial charge in [0.15, 0.2) is 0 Å². The Hall–Kier alpha value is -2.44. The third kappa shape index (κ3) is 5.28. The minimum Gasteiger partial charge on any atom is -0.384 e. The molecule has 0 spiro atoms. The number of rotatable bonds is 6. The molecule has 2 aromatic rings. The number of anilines is 1. The third-order valence-corrected chi connectivity index (χ3v) is 4.77. The third-order valence-electron chi connectivity index (χ3n) is 4.77. The number of aliphatic hydroxyl groups is 1. The van der Waals surface area contributed by atoms with Crippen LogP contribution in [-0.4, -0.2) is 43.9 Å². The molecule has 27 heavy (non-hydrogen) atoms. The molecule has 2 N–H and O–H groups in total.